The van der Waals surface area contributed by atoms with Gasteiger partial charge in [-0.05, 0) is 0 Å². The van der Waals surface area contributed by atoms with Crippen LogP contribution >= 0.6 is 8.17 Å². The zero-order chi connectivity index (χ0) is 11.8. The van der Waals surface area contributed by atoms with Gasteiger partial charge < -0.3 is 0 Å². The predicted octanol–water partition coefficient (Wildman–Crippen LogP) is 1.05. The number of carbonyl (C=O) groups excluding carboxylic acids is 1. The number of para-hydroxylation sites is 1. The number of hydrogen-bond acceptors (Lipinski definition) is 6. The van der Waals surface area contributed by atoms with Crippen LogP contribution in [0, 0.1) is 0 Å². The van der Waals surface area contributed by atoms with E-state index >= 15 is 0 Å². The van der Waals surface area contributed by atoms with E-state index in [-0.39, 0.29) is 5.75 Å². The number of rotatable bonds is 1. The molecule has 1 heterocycles. The molecule has 0 bridgehead atoms. The summed E-state index contributed by atoms with van der Waals surface area (Å²) in [5, 5.41) is 0. The van der Waals surface area contributed by atoms with Crippen LogP contribution in [0.2, 0.25) is 0 Å². The zero-order valence-corrected chi connectivity index (χ0v) is 9.41. The molecule has 1 unspecified atom stereocenters. The third-order valence-electron chi connectivity index (χ3n) is 1.95. The fourth-order valence-electron chi connectivity index (χ4n) is 1.38. The molecular formula is C9H11O6P. The van der Waals surface area contributed by atoms with E-state index in [2.05, 4.69) is 0 Å². The van der Waals surface area contributed by atoms with Gasteiger partial charge in [-0.15, -0.1) is 0 Å². The van der Waals surface area contributed by atoms with Crippen LogP contribution in [-0.2, 0) is 14.1 Å². The van der Waals surface area contributed by atoms with Crippen LogP contribution in [0.5, 0.6) is 5.75 Å². The third kappa shape index (κ3) is 2.31. The van der Waals surface area contributed by atoms with Gasteiger partial charge in [0.1, 0.15) is 0 Å². The number of carbonyl (C=O) groups is 1. The van der Waals surface area contributed by atoms with Crippen molar-refractivity contribution in [2.24, 2.45) is 0 Å². The Morgan fingerprint density at radius 2 is 2.12 bits per heavy atom. The topological polar surface area (TPSA) is 85.2 Å². The molecule has 1 atom stereocenters. The molecule has 0 amide bonds. The minimum atomic E-state index is -4.25. The summed E-state index contributed by atoms with van der Waals surface area (Å²) in [5.41, 5.74) is 0.448. The van der Waals surface area contributed by atoms with Crippen molar-refractivity contribution < 1.29 is 28.4 Å². The number of fused-ring (bicyclic) bond motifs is 1. The second-order valence-corrected chi connectivity index (χ2v) is 4.78. The third-order valence-corrected chi connectivity index (χ3v) is 2.96. The Bertz CT molecular complexity index is 418. The van der Waals surface area contributed by atoms with Crippen LogP contribution < -0.4 is 4.52 Å². The average Bonchev–Trinajstić information content (AvgIpc) is 2.14. The summed E-state index contributed by atoms with van der Waals surface area (Å²) in [7, 11) is -4.25. The molecular weight excluding hydrogens is 235 g/mol. The minimum absolute atomic E-state index is 0.247. The van der Waals surface area contributed by atoms with E-state index in [1.165, 1.54) is 6.92 Å². The van der Waals surface area contributed by atoms with Crippen molar-refractivity contribution in [2.45, 2.75) is 13.2 Å². The van der Waals surface area contributed by atoms with Crippen molar-refractivity contribution in [2.75, 3.05) is 0 Å². The maximum atomic E-state index is 10.8. The van der Waals surface area contributed by atoms with Crippen molar-refractivity contribution in [1.29, 1.82) is 0 Å². The monoisotopic (exact) mass is 246 g/mol. The maximum absolute atomic E-state index is 10.8. The summed E-state index contributed by atoms with van der Waals surface area (Å²) >= 11 is 0. The van der Waals surface area contributed by atoms with Crippen molar-refractivity contribution in [3.63, 3.8) is 0 Å². The van der Waals surface area contributed by atoms with E-state index < -0.39 is 20.4 Å². The van der Waals surface area contributed by atoms with Gasteiger partial charge in [-0.25, -0.2) is 0 Å². The van der Waals surface area contributed by atoms with E-state index in [4.69, 9.17) is 13.8 Å². The number of ether oxygens (including phenoxy) is 1. The van der Waals surface area contributed by atoms with Gasteiger partial charge >= 0.3 is 91.3 Å². The van der Waals surface area contributed by atoms with E-state index in [1.54, 1.807) is 24.3 Å². The number of esters is 1. The molecule has 7 heteroatoms. The summed E-state index contributed by atoms with van der Waals surface area (Å²) in [6.07, 6.45) is -1.14. The summed E-state index contributed by atoms with van der Waals surface area (Å²) < 4.78 is 14.5. The molecule has 1 aromatic carbocycles. The quantitative estimate of drug-likeness (QED) is 0.569. The number of benzene rings is 1. The molecule has 1 aliphatic rings. The Labute approximate surface area is 92.0 Å². The molecule has 2 rings (SSSR count). The normalized spacial score (nSPS) is 23.8. The van der Waals surface area contributed by atoms with Crippen molar-refractivity contribution in [3.05, 3.63) is 29.8 Å². The van der Waals surface area contributed by atoms with Gasteiger partial charge in [0.2, 0.25) is 0 Å². The first-order valence-corrected chi connectivity index (χ1v) is 6.27. The first-order chi connectivity index (χ1) is 7.48. The van der Waals surface area contributed by atoms with Gasteiger partial charge in [-0.1, -0.05) is 0 Å². The van der Waals surface area contributed by atoms with Crippen molar-refractivity contribution >= 4 is 14.1 Å². The van der Waals surface area contributed by atoms with Gasteiger partial charge in [0, 0.05) is 0 Å². The van der Waals surface area contributed by atoms with Crippen molar-refractivity contribution in [3.8, 4) is 5.75 Å². The summed E-state index contributed by atoms with van der Waals surface area (Å²) in [4.78, 5) is 29.6. The fourth-order valence-corrected chi connectivity index (χ4v) is 2.35. The first-order valence-electron chi connectivity index (χ1n) is 4.56. The average molecular weight is 246 g/mol. The van der Waals surface area contributed by atoms with Gasteiger partial charge in [-0.2, -0.15) is 0 Å². The molecule has 0 saturated carbocycles. The first kappa shape index (κ1) is 11.3. The summed E-state index contributed by atoms with van der Waals surface area (Å²) in [6.45, 7) is 1.21. The van der Waals surface area contributed by atoms with Gasteiger partial charge in [0.15, 0.2) is 0 Å². The van der Waals surface area contributed by atoms with Crippen LogP contribution in [0.3, 0.4) is 0 Å². The van der Waals surface area contributed by atoms with E-state index in [1.807, 2.05) is 0 Å². The van der Waals surface area contributed by atoms with Crippen LogP contribution in [0.15, 0.2) is 24.3 Å². The molecule has 0 aliphatic carbocycles. The Morgan fingerprint density at radius 1 is 1.44 bits per heavy atom. The van der Waals surface area contributed by atoms with Crippen LogP contribution in [0.25, 0.3) is 0 Å². The molecule has 88 valence electrons. The Hall–Kier alpha value is -1.20. The van der Waals surface area contributed by atoms with E-state index in [0.29, 0.717) is 5.56 Å². The van der Waals surface area contributed by atoms with Crippen LogP contribution in [-0.4, -0.2) is 15.8 Å². The molecule has 16 heavy (non-hydrogen) atoms. The number of hydrogen-bond donors (Lipinski definition) is 2. The molecule has 2 N–H and O–H groups in total. The molecule has 0 saturated heterocycles. The Kier molecular flexibility index (Phi) is 2.82. The van der Waals surface area contributed by atoms with E-state index in [9.17, 15) is 14.6 Å². The molecule has 0 aromatic heterocycles. The fraction of sp³-hybridized carbons (Fsp3) is 0.222. The van der Waals surface area contributed by atoms with Crippen LogP contribution in [0.1, 0.15) is 18.8 Å². The molecule has 0 spiro atoms. The summed E-state index contributed by atoms with van der Waals surface area (Å²) in [5.74, 6) is -0.330. The second-order valence-electron chi connectivity index (χ2n) is 3.25. The molecule has 6 nitrogen and oxygen atoms in total. The van der Waals surface area contributed by atoms with Gasteiger partial charge in [-0.3, -0.25) is 0 Å². The Morgan fingerprint density at radius 3 is 2.81 bits per heavy atom. The Balaban J connectivity index is 2.35. The molecule has 0 fully saturated rings. The molecule has 1 aliphatic heterocycles. The van der Waals surface area contributed by atoms with Crippen LogP contribution in [0.4, 0.5) is 0 Å². The summed E-state index contributed by atoms with van der Waals surface area (Å²) in [6, 6.07) is 6.53. The SMILES string of the molecule is CC(=O)OC1O[PH](O)(O)Oc2ccccc21. The molecule has 1 aromatic rings. The van der Waals surface area contributed by atoms with Gasteiger partial charge in [0.25, 0.3) is 0 Å². The standard InChI is InChI=1S/C9H11O6P/c1-6(10)13-9-7-4-2-3-5-8(7)14-16(11,12)15-9/h2-5,9,11-12,16H,1H3. The second kappa shape index (κ2) is 3.99. The molecule has 0 radical (unpaired) electrons. The predicted molar refractivity (Wildman–Crippen MR) is 55.4 cm³/mol. The van der Waals surface area contributed by atoms with E-state index in [0.717, 1.165) is 0 Å². The van der Waals surface area contributed by atoms with Crippen molar-refractivity contribution in [1.82, 2.24) is 0 Å². The zero-order valence-electron chi connectivity index (χ0n) is 8.41. The van der Waals surface area contributed by atoms with Gasteiger partial charge in [0.05, 0.1) is 0 Å².